The monoisotopic (exact) mass is 276 g/mol. The van der Waals surface area contributed by atoms with Gasteiger partial charge in [-0.05, 0) is 29.4 Å². The molecule has 0 aliphatic carbocycles. The van der Waals surface area contributed by atoms with Crippen LogP contribution in [0.1, 0.15) is 58.6 Å². The van der Waals surface area contributed by atoms with E-state index in [0.29, 0.717) is 18.9 Å². The van der Waals surface area contributed by atoms with Crippen molar-refractivity contribution in [2.45, 2.75) is 60.0 Å². The van der Waals surface area contributed by atoms with Crippen molar-refractivity contribution in [1.82, 2.24) is 0 Å². The van der Waals surface area contributed by atoms with E-state index in [9.17, 15) is 4.79 Å². The van der Waals surface area contributed by atoms with Crippen LogP contribution in [0.15, 0.2) is 24.3 Å². The lowest BCUT2D eigenvalue weighted by Gasteiger charge is -2.29. The first-order valence-electron chi connectivity index (χ1n) is 7.48. The van der Waals surface area contributed by atoms with Gasteiger partial charge in [0.05, 0.1) is 0 Å². The van der Waals surface area contributed by atoms with Gasteiger partial charge in [0.2, 0.25) is 0 Å². The first kappa shape index (κ1) is 16.9. The highest BCUT2D eigenvalue weighted by molar-refractivity contribution is 5.86. The van der Waals surface area contributed by atoms with Gasteiger partial charge in [0.1, 0.15) is 6.10 Å². The summed E-state index contributed by atoms with van der Waals surface area (Å²) in [5, 5.41) is 0. The summed E-state index contributed by atoms with van der Waals surface area (Å²) in [5.41, 5.74) is 2.21. The van der Waals surface area contributed by atoms with Crippen LogP contribution < -0.4 is 0 Å². The number of hydrogen-bond donors (Lipinski definition) is 0. The molecule has 0 aromatic heterocycles. The second-order valence-electron chi connectivity index (χ2n) is 6.74. The van der Waals surface area contributed by atoms with Gasteiger partial charge < -0.3 is 4.74 Å². The summed E-state index contributed by atoms with van der Waals surface area (Å²) in [4.78, 5) is 12.4. The number of Topliss-reactive ketones (excluding diaryl/α,β-unsaturated/α-hetero) is 1. The zero-order chi connectivity index (χ0) is 15.3. The standard InChI is InChI=1S/C18H28O2/c1-7-20-17(18(4,5)6)16(19)12-14-8-10-15(11-9-14)13(2)3/h8-11,13,17H,7,12H2,1-6H3. The first-order valence-corrected chi connectivity index (χ1v) is 7.48. The maximum Gasteiger partial charge on any atom is 0.166 e. The molecule has 1 unspecified atom stereocenters. The number of benzene rings is 1. The van der Waals surface area contributed by atoms with Gasteiger partial charge in [-0.3, -0.25) is 4.79 Å². The third-order valence-electron chi connectivity index (χ3n) is 3.44. The van der Waals surface area contributed by atoms with E-state index in [1.807, 2.05) is 27.7 Å². The molecule has 1 rings (SSSR count). The van der Waals surface area contributed by atoms with Crippen molar-refractivity contribution in [2.24, 2.45) is 5.41 Å². The topological polar surface area (TPSA) is 26.3 Å². The Morgan fingerprint density at radius 1 is 1.15 bits per heavy atom. The highest BCUT2D eigenvalue weighted by Crippen LogP contribution is 2.24. The fourth-order valence-electron chi connectivity index (χ4n) is 2.31. The van der Waals surface area contributed by atoms with Gasteiger partial charge in [-0.1, -0.05) is 58.9 Å². The molecule has 2 nitrogen and oxygen atoms in total. The number of carbonyl (C=O) groups is 1. The largest absolute Gasteiger partial charge is 0.370 e. The lowest BCUT2D eigenvalue weighted by atomic mass is 9.84. The van der Waals surface area contributed by atoms with Gasteiger partial charge >= 0.3 is 0 Å². The molecule has 0 N–H and O–H groups in total. The van der Waals surface area contributed by atoms with Crippen molar-refractivity contribution in [1.29, 1.82) is 0 Å². The Morgan fingerprint density at radius 3 is 2.10 bits per heavy atom. The van der Waals surface area contributed by atoms with Crippen molar-refractivity contribution >= 4 is 5.78 Å². The van der Waals surface area contributed by atoms with Gasteiger partial charge in [0.25, 0.3) is 0 Å². The number of carbonyl (C=O) groups excluding carboxylic acids is 1. The molecule has 0 fully saturated rings. The molecular formula is C18H28O2. The molecular weight excluding hydrogens is 248 g/mol. The molecule has 0 aliphatic heterocycles. The summed E-state index contributed by atoms with van der Waals surface area (Å²) in [7, 11) is 0. The molecule has 1 aromatic rings. The molecule has 0 aliphatic rings. The zero-order valence-electron chi connectivity index (χ0n) is 13.7. The fraction of sp³-hybridized carbons (Fsp3) is 0.611. The van der Waals surface area contributed by atoms with Crippen molar-refractivity contribution in [2.75, 3.05) is 6.61 Å². The van der Waals surface area contributed by atoms with E-state index in [-0.39, 0.29) is 17.3 Å². The maximum absolute atomic E-state index is 12.4. The minimum atomic E-state index is -0.336. The van der Waals surface area contributed by atoms with Crippen LogP contribution in [0.3, 0.4) is 0 Å². The summed E-state index contributed by atoms with van der Waals surface area (Å²) in [6.45, 7) is 13.0. The van der Waals surface area contributed by atoms with Crippen molar-refractivity contribution in [3.63, 3.8) is 0 Å². The number of hydrogen-bond acceptors (Lipinski definition) is 2. The second-order valence-corrected chi connectivity index (χ2v) is 6.74. The molecule has 2 heteroatoms. The summed E-state index contributed by atoms with van der Waals surface area (Å²) in [5.74, 6) is 0.683. The van der Waals surface area contributed by atoms with Crippen LogP contribution in [0.2, 0.25) is 0 Å². The van der Waals surface area contributed by atoms with Crippen LogP contribution in [0.5, 0.6) is 0 Å². The normalized spacial score (nSPS) is 13.6. The van der Waals surface area contributed by atoms with E-state index in [1.165, 1.54) is 5.56 Å². The van der Waals surface area contributed by atoms with Gasteiger partial charge in [-0.25, -0.2) is 0 Å². The summed E-state index contributed by atoms with van der Waals surface area (Å²) in [6.07, 6.45) is 0.109. The molecule has 0 saturated heterocycles. The lowest BCUT2D eigenvalue weighted by molar-refractivity contribution is -0.136. The summed E-state index contributed by atoms with van der Waals surface area (Å²) >= 11 is 0. The molecule has 20 heavy (non-hydrogen) atoms. The molecule has 0 saturated carbocycles. The van der Waals surface area contributed by atoms with E-state index in [4.69, 9.17) is 4.74 Å². The molecule has 0 heterocycles. The predicted molar refractivity (Wildman–Crippen MR) is 84.1 cm³/mol. The minimum absolute atomic E-state index is 0.162. The van der Waals surface area contributed by atoms with E-state index in [0.717, 1.165) is 5.56 Å². The Kier molecular flexibility index (Phi) is 5.94. The third-order valence-corrected chi connectivity index (χ3v) is 3.44. The molecule has 0 amide bonds. The zero-order valence-corrected chi connectivity index (χ0v) is 13.7. The quantitative estimate of drug-likeness (QED) is 0.771. The van der Waals surface area contributed by atoms with Gasteiger partial charge in [-0.2, -0.15) is 0 Å². The number of ketones is 1. The maximum atomic E-state index is 12.4. The van der Waals surface area contributed by atoms with Crippen LogP contribution in [-0.2, 0) is 16.0 Å². The minimum Gasteiger partial charge on any atom is -0.370 e. The van der Waals surface area contributed by atoms with Crippen LogP contribution >= 0.6 is 0 Å². The Labute approximate surface area is 123 Å². The number of ether oxygens (including phenoxy) is 1. The van der Waals surface area contributed by atoms with Gasteiger partial charge in [0, 0.05) is 13.0 Å². The summed E-state index contributed by atoms with van der Waals surface area (Å²) in [6, 6.07) is 8.33. The third kappa shape index (κ3) is 4.75. The van der Waals surface area contributed by atoms with Crippen molar-refractivity contribution < 1.29 is 9.53 Å². The Bertz CT molecular complexity index is 424. The molecule has 0 spiro atoms. The predicted octanol–water partition coefficient (Wildman–Crippen LogP) is 4.37. The van der Waals surface area contributed by atoms with E-state index >= 15 is 0 Å². The van der Waals surface area contributed by atoms with Crippen LogP contribution in [0.4, 0.5) is 0 Å². The van der Waals surface area contributed by atoms with Crippen molar-refractivity contribution in [3.8, 4) is 0 Å². The van der Waals surface area contributed by atoms with Crippen LogP contribution in [0.25, 0.3) is 0 Å². The Morgan fingerprint density at radius 2 is 1.70 bits per heavy atom. The molecule has 0 radical (unpaired) electrons. The molecule has 1 atom stereocenters. The van der Waals surface area contributed by atoms with E-state index in [1.54, 1.807) is 0 Å². The molecule has 112 valence electrons. The highest BCUT2D eigenvalue weighted by atomic mass is 16.5. The SMILES string of the molecule is CCOC(C(=O)Cc1ccc(C(C)C)cc1)C(C)(C)C. The Hall–Kier alpha value is -1.15. The van der Waals surface area contributed by atoms with Crippen LogP contribution in [0, 0.1) is 5.41 Å². The van der Waals surface area contributed by atoms with E-state index < -0.39 is 0 Å². The number of rotatable bonds is 6. The average Bonchev–Trinajstić information content (AvgIpc) is 2.35. The average molecular weight is 276 g/mol. The first-order chi connectivity index (χ1) is 9.25. The second kappa shape index (κ2) is 7.03. The van der Waals surface area contributed by atoms with Crippen molar-refractivity contribution in [3.05, 3.63) is 35.4 Å². The summed E-state index contributed by atoms with van der Waals surface area (Å²) < 4.78 is 5.65. The Balaban J connectivity index is 2.78. The molecule has 1 aromatic carbocycles. The smallest absolute Gasteiger partial charge is 0.166 e. The molecule has 0 bridgehead atoms. The highest BCUT2D eigenvalue weighted by Gasteiger charge is 2.31. The van der Waals surface area contributed by atoms with Crippen LogP contribution in [-0.4, -0.2) is 18.5 Å². The fourth-order valence-corrected chi connectivity index (χ4v) is 2.31. The lowest BCUT2D eigenvalue weighted by Crippen LogP contribution is -2.38. The van der Waals surface area contributed by atoms with Gasteiger partial charge in [0.15, 0.2) is 5.78 Å². The van der Waals surface area contributed by atoms with E-state index in [2.05, 4.69) is 38.1 Å². The van der Waals surface area contributed by atoms with Gasteiger partial charge in [-0.15, -0.1) is 0 Å².